The number of aromatic nitrogens is 1. The molecule has 1 N–H and O–H groups in total. The fourth-order valence-corrected chi connectivity index (χ4v) is 3.38. The predicted molar refractivity (Wildman–Crippen MR) is 102 cm³/mol. The molecule has 2 aliphatic rings. The summed E-state index contributed by atoms with van der Waals surface area (Å²) in [4.78, 5) is 21.1. The molecule has 2 aliphatic heterocycles. The van der Waals surface area contributed by atoms with Gasteiger partial charge in [-0.2, -0.15) is 0 Å². The lowest BCUT2D eigenvalue weighted by Gasteiger charge is -2.34. The van der Waals surface area contributed by atoms with Crippen molar-refractivity contribution in [2.75, 3.05) is 51.0 Å². The molecule has 142 valence electrons. The van der Waals surface area contributed by atoms with Crippen LogP contribution in [0.5, 0.6) is 11.5 Å². The van der Waals surface area contributed by atoms with E-state index in [4.69, 9.17) is 9.47 Å². The maximum Gasteiger partial charge on any atom is 0.234 e. The van der Waals surface area contributed by atoms with Gasteiger partial charge in [0, 0.05) is 38.9 Å². The van der Waals surface area contributed by atoms with Crippen LogP contribution in [0.15, 0.2) is 42.6 Å². The summed E-state index contributed by atoms with van der Waals surface area (Å²) in [7, 11) is 0. The molecule has 1 aromatic carbocycles. The number of nitrogens with zero attached hydrogens (tertiary/aromatic N) is 3. The van der Waals surface area contributed by atoms with Crippen molar-refractivity contribution in [2.24, 2.45) is 0 Å². The number of amides is 1. The smallest absolute Gasteiger partial charge is 0.234 e. The molecular weight excluding hydrogens is 344 g/mol. The van der Waals surface area contributed by atoms with E-state index in [0.29, 0.717) is 13.1 Å². The quantitative estimate of drug-likeness (QED) is 0.829. The normalized spacial score (nSPS) is 16.4. The average Bonchev–Trinajstić information content (AvgIpc) is 3.17. The van der Waals surface area contributed by atoms with Gasteiger partial charge in [-0.25, -0.2) is 4.98 Å². The molecule has 0 spiro atoms. The van der Waals surface area contributed by atoms with Gasteiger partial charge in [-0.3, -0.25) is 9.69 Å². The van der Waals surface area contributed by atoms with Crippen molar-refractivity contribution in [1.29, 1.82) is 0 Å². The Morgan fingerprint density at radius 2 is 1.93 bits per heavy atom. The average molecular weight is 368 g/mol. The second-order valence-electron chi connectivity index (χ2n) is 6.74. The van der Waals surface area contributed by atoms with Crippen molar-refractivity contribution in [3.05, 3.63) is 48.2 Å². The molecule has 3 heterocycles. The first-order valence-electron chi connectivity index (χ1n) is 9.31. The molecular formula is C20H24N4O3. The topological polar surface area (TPSA) is 66.9 Å². The number of ether oxygens (including phenoxy) is 2. The Bertz CT molecular complexity index is 776. The van der Waals surface area contributed by atoms with E-state index in [1.54, 1.807) is 0 Å². The molecule has 7 nitrogen and oxygen atoms in total. The number of pyridine rings is 1. The molecule has 0 aliphatic carbocycles. The minimum absolute atomic E-state index is 0.0713. The molecule has 0 radical (unpaired) electrons. The molecule has 0 atom stereocenters. The predicted octanol–water partition coefficient (Wildman–Crippen LogP) is 1.29. The maximum absolute atomic E-state index is 12.2. The van der Waals surface area contributed by atoms with Crippen molar-refractivity contribution < 1.29 is 14.3 Å². The molecule has 1 aromatic heterocycles. The first-order chi connectivity index (χ1) is 13.3. The minimum Gasteiger partial charge on any atom is -0.454 e. The fourth-order valence-electron chi connectivity index (χ4n) is 3.38. The summed E-state index contributed by atoms with van der Waals surface area (Å²) in [5.74, 6) is 2.64. The van der Waals surface area contributed by atoms with Crippen molar-refractivity contribution in [3.63, 3.8) is 0 Å². The summed E-state index contributed by atoms with van der Waals surface area (Å²) < 4.78 is 10.7. The second kappa shape index (κ2) is 8.26. The Labute approximate surface area is 158 Å². The van der Waals surface area contributed by atoms with E-state index in [1.165, 1.54) is 0 Å². The summed E-state index contributed by atoms with van der Waals surface area (Å²) >= 11 is 0. The number of rotatable bonds is 6. The number of nitrogens with one attached hydrogen (secondary N) is 1. The highest BCUT2D eigenvalue weighted by Gasteiger charge is 2.19. The van der Waals surface area contributed by atoms with Crippen LogP contribution in [-0.2, 0) is 11.2 Å². The Morgan fingerprint density at radius 1 is 1.07 bits per heavy atom. The molecule has 27 heavy (non-hydrogen) atoms. The lowest BCUT2D eigenvalue weighted by molar-refractivity contribution is -0.122. The molecule has 0 bridgehead atoms. The Kier molecular flexibility index (Phi) is 5.39. The number of piperazine rings is 1. The van der Waals surface area contributed by atoms with Gasteiger partial charge >= 0.3 is 0 Å². The third kappa shape index (κ3) is 4.49. The van der Waals surface area contributed by atoms with Crippen LogP contribution in [-0.4, -0.2) is 61.9 Å². The van der Waals surface area contributed by atoms with Gasteiger partial charge in [-0.1, -0.05) is 12.1 Å². The van der Waals surface area contributed by atoms with Gasteiger partial charge in [0.15, 0.2) is 11.5 Å². The minimum atomic E-state index is 0.0713. The number of carbonyl (C=O) groups is 1. The van der Waals surface area contributed by atoms with Gasteiger partial charge in [-0.15, -0.1) is 0 Å². The first kappa shape index (κ1) is 17.6. The number of hydrogen-bond donors (Lipinski definition) is 1. The van der Waals surface area contributed by atoms with Crippen LogP contribution >= 0.6 is 0 Å². The highest BCUT2D eigenvalue weighted by atomic mass is 16.7. The SMILES string of the molecule is O=C(CN1CCN(c2ccccn2)CC1)NCCc1ccc2c(c1)OCO2. The summed E-state index contributed by atoms with van der Waals surface area (Å²) in [5.41, 5.74) is 1.13. The molecule has 4 rings (SSSR count). The van der Waals surface area contributed by atoms with Crippen LogP contribution < -0.4 is 19.7 Å². The van der Waals surface area contributed by atoms with Crippen LogP contribution in [0, 0.1) is 0 Å². The second-order valence-corrected chi connectivity index (χ2v) is 6.74. The highest BCUT2D eigenvalue weighted by molar-refractivity contribution is 5.78. The molecule has 1 saturated heterocycles. The number of hydrogen-bond acceptors (Lipinski definition) is 6. The fraction of sp³-hybridized carbons (Fsp3) is 0.400. The van der Waals surface area contributed by atoms with Gasteiger partial charge in [0.25, 0.3) is 0 Å². The molecule has 7 heteroatoms. The van der Waals surface area contributed by atoms with Crippen LogP contribution in [0.2, 0.25) is 0 Å². The van der Waals surface area contributed by atoms with E-state index in [1.807, 2.05) is 42.6 Å². The summed E-state index contributed by atoms with van der Waals surface area (Å²) in [6.45, 7) is 4.86. The molecule has 0 saturated carbocycles. The standard InChI is InChI=1S/C20H24N4O3/c25-20(22-8-6-16-4-5-17-18(13-16)27-15-26-17)14-23-9-11-24(12-10-23)19-3-1-2-7-21-19/h1-5,7,13H,6,8-12,14-15H2,(H,22,25). The summed E-state index contributed by atoms with van der Waals surface area (Å²) in [5, 5.41) is 3.01. The van der Waals surface area contributed by atoms with Gasteiger partial charge in [0.1, 0.15) is 5.82 Å². The lowest BCUT2D eigenvalue weighted by atomic mass is 10.1. The van der Waals surface area contributed by atoms with Gasteiger partial charge in [0.05, 0.1) is 6.54 Å². The van der Waals surface area contributed by atoms with Crippen LogP contribution in [0.3, 0.4) is 0 Å². The molecule has 1 amide bonds. The zero-order chi connectivity index (χ0) is 18.5. The van der Waals surface area contributed by atoms with E-state index in [9.17, 15) is 4.79 Å². The maximum atomic E-state index is 12.2. The Hall–Kier alpha value is -2.80. The largest absolute Gasteiger partial charge is 0.454 e. The monoisotopic (exact) mass is 368 g/mol. The zero-order valence-electron chi connectivity index (χ0n) is 15.3. The number of carbonyl (C=O) groups excluding carboxylic acids is 1. The van der Waals surface area contributed by atoms with E-state index in [0.717, 1.165) is 55.5 Å². The number of benzene rings is 1. The van der Waals surface area contributed by atoms with E-state index >= 15 is 0 Å². The van der Waals surface area contributed by atoms with Crippen molar-refractivity contribution in [1.82, 2.24) is 15.2 Å². The Morgan fingerprint density at radius 3 is 2.74 bits per heavy atom. The third-order valence-electron chi connectivity index (χ3n) is 4.89. The van der Waals surface area contributed by atoms with Gasteiger partial charge in [0.2, 0.25) is 12.7 Å². The lowest BCUT2D eigenvalue weighted by Crippen LogP contribution is -2.49. The Balaban J connectivity index is 1.17. The molecule has 1 fully saturated rings. The van der Waals surface area contributed by atoms with Crippen molar-refractivity contribution in [2.45, 2.75) is 6.42 Å². The number of fused-ring (bicyclic) bond motifs is 1. The van der Waals surface area contributed by atoms with Crippen molar-refractivity contribution >= 4 is 11.7 Å². The van der Waals surface area contributed by atoms with Crippen LogP contribution in [0.1, 0.15) is 5.56 Å². The van der Waals surface area contributed by atoms with Gasteiger partial charge in [-0.05, 0) is 36.2 Å². The molecule has 0 unspecified atom stereocenters. The van der Waals surface area contributed by atoms with E-state index in [-0.39, 0.29) is 12.7 Å². The van der Waals surface area contributed by atoms with Gasteiger partial charge < -0.3 is 19.7 Å². The molecule has 2 aromatic rings. The van der Waals surface area contributed by atoms with E-state index in [2.05, 4.69) is 20.1 Å². The van der Waals surface area contributed by atoms with E-state index < -0.39 is 0 Å². The zero-order valence-corrected chi connectivity index (χ0v) is 15.3. The van der Waals surface area contributed by atoms with Crippen LogP contribution in [0.4, 0.5) is 5.82 Å². The number of anilines is 1. The highest BCUT2D eigenvalue weighted by Crippen LogP contribution is 2.32. The first-order valence-corrected chi connectivity index (χ1v) is 9.31. The summed E-state index contributed by atoms with van der Waals surface area (Å²) in [6, 6.07) is 11.9. The third-order valence-corrected chi connectivity index (χ3v) is 4.89. The van der Waals surface area contributed by atoms with Crippen molar-refractivity contribution in [3.8, 4) is 11.5 Å². The van der Waals surface area contributed by atoms with Crippen LogP contribution in [0.25, 0.3) is 0 Å². The summed E-state index contributed by atoms with van der Waals surface area (Å²) in [6.07, 6.45) is 2.59.